The monoisotopic (exact) mass is 442 g/mol. The largest absolute Gasteiger partial charge is 0.478 e. The summed E-state index contributed by atoms with van der Waals surface area (Å²) in [5, 5.41) is 19.6. The van der Waals surface area contributed by atoms with Gasteiger partial charge in [0.1, 0.15) is 0 Å². The van der Waals surface area contributed by atoms with Gasteiger partial charge < -0.3 is 10.2 Å². The van der Waals surface area contributed by atoms with Gasteiger partial charge in [0, 0.05) is 22.3 Å². The van der Waals surface area contributed by atoms with E-state index in [0.717, 1.165) is 11.1 Å². The number of carboxylic acid groups (broad SMARTS) is 2. The van der Waals surface area contributed by atoms with Gasteiger partial charge in [-0.05, 0) is 47.5 Å². The summed E-state index contributed by atoms with van der Waals surface area (Å²) in [6.07, 6.45) is 0. The Bertz CT molecular complexity index is 1380. The van der Waals surface area contributed by atoms with E-state index in [9.17, 15) is 19.8 Å². The molecule has 0 spiro atoms. The minimum Gasteiger partial charge on any atom is -0.478 e. The maximum absolute atomic E-state index is 12.0. The molecule has 0 aliphatic carbocycles. The predicted molar refractivity (Wildman–Crippen MR) is 131 cm³/mol. The number of aromatic carboxylic acids is 2. The molecule has 4 rings (SSSR count). The first-order valence-corrected chi connectivity index (χ1v) is 10.4. The van der Waals surface area contributed by atoms with Crippen molar-refractivity contribution in [2.75, 3.05) is 0 Å². The molecule has 0 fully saturated rings. The first kappa shape index (κ1) is 22.1. The van der Waals surface area contributed by atoms with E-state index in [0.29, 0.717) is 22.3 Å². The fourth-order valence-electron chi connectivity index (χ4n) is 3.49. The average molecular weight is 442 g/mol. The number of benzene rings is 4. The standard InChI is InChI=1S/C30H18O4/c31-29(32)27-15-7-13-23(25(27)19-17-21-9-3-1-4-10-21)24-14-8-16-28(30(33)34)26(24)20-18-22-11-5-2-6-12-22/h1-16H,(H,31,32)(H,33,34). The second-order valence-corrected chi connectivity index (χ2v) is 7.30. The Morgan fingerprint density at radius 2 is 0.853 bits per heavy atom. The molecule has 0 radical (unpaired) electrons. The lowest BCUT2D eigenvalue weighted by Gasteiger charge is -2.12. The minimum atomic E-state index is -1.12. The van der Waals surface area contributed by atoms with E-state index in [2.05, 4.69) is 23.7 Å². The normalized spacial score (nSPS) is 9.76. The van der Waals surface area contributed by atoms with Crippen LogP contribution in [0.4, 0.5) is 0 Å². The Hall–Kier alpha value is -5.06. The average Bonchev–Trinajstić information content (AvgIpc) is 2.87. The number of hydrogen-bond donors (Lipinski definition) is 2. The number of hydrogen-bond acceptors (Lipinski definition) is 2. The van der Waals surface area contributed by atoms with Crippen LogP contribution in [0.1, 0.15) is 43.0 Å². The highest BCUT2D eigenvalue weighted by molar-refractivity contribution is 5.98. The van der Waals surface area contributed by atoms with Crippen molar-refractivity contribution in [1.29, 1.82) is 0 Å². The van der Waals surface area contributed by atoms with Crippen LogP contribution >= 0.6 is 0 Å². The van der Waals surface area contributed by atoms with Crippen LogP contribution in [0.2, 0.25) is 0 Å². The van der Waals surface area contributed by atoms with E-state index < -0.39 is 11.9 Å². The molecule has 4 nitrogen and oxygen atoms in total. The van der Waals surface area contributed by atoms with Crippen molar-refractivity contribution >= 4 is 11.9 Å². The lowest BCUT2D eigenvalue weighted by Crippen LogP contribution is -2.05. The van der Waals surface area contributed by atoms with Gasteiger partial charge in [-0.3, -0.25) is 0 Å². The highest BCUT2D eigenvalue weighted by Gasteiger charge is 2.19. The SMILES string of the molecule is O=C(O)c1cccc(-c2cccc(C(=O)O)c2C#Cc2ccccc2)c1C#Cc1ccccc1. The Balaban J connectivity index is 1.97. The van der Waals surface area contributed by atoms with E-state index in [4.69, 9.17) is 0 Å². The first-order chi connectivity index (χ1) is 16.5. The Morgan fingerprint density at radius 3 is 1.21 bits per heavy atom. The molecule has 0 amide bonds. The van der Waals surface area contributed by atoms with Gasteiger partial charge in [0.05, 0.1) is 11.1 Å². The summed E-state index contributed by atoms with van der Waals surface area (Å²) in [6, 6.07) is 28.1. The van der Waals surface area contributed by atoms with Gasteiger partial charge >= 0.3 is 11.9 Å². The summed E-state index contributed by atoms with van der Waals surface area (Å²) < 4.78 is 0. The number of carboxylic acids is 2. The summed E-state index contributed by atoms with van der Waals surface area (Å²) >= 11 is 0. The van der Waals surface area contributed by atoms with Crippen molar-refractivity contribution in [3.8, 4) is 34.8 Å². The van der Waals surface area contributed by atoms with Crippen LogP contribution < -0.4 is 0 Å². The van der Waals surface area contributed by atoms with Crippen LogP contribution in [0.5, 0.6) is 0 Å². The molecule has 0 saturated heterocycles. The molecular weight excluding hydrogens is 424 g/mol. The highest BCUT2D eigenvalue weighted by atomic mass is 16.4. The van der Waals surface area contributed by atoms with Crippen LogP contribution in [0.15, 0.2) is 97.1 Å². The second-order valence-electron chi connectivity index (χ2n) is 7.30. The quantitative estimate of drug-likeness (QED) is 0.408. The molecule has 2 N–H and O–H groups in total. The third-order valence-electron chi connectivity index (χ3n) is 5.09. The third-order valence-corrected chi connectivity index (χ3v) is 5.09. The molecule has 0 aliphatic heterocycles. The minimum absolute atomic E-state index is 0.0311. The van der Waals surface area contributed by atoms with Crippen molar-refractivity contribution in [3.63, 3.8) is 0 Å². The lowest BCUT2D eigenvalue weighted by molar-refractivity contribution is 0.0685. The van der Waals surface area contributed by atoms with Crippen molar-refractivity contribution in [3.05, 3.63) is 130 Å². The molecule has 34 heavy (non-hydrogen) atoms. The molecule has 0 aliphatic rings. The van der Waals surface area contributed by atoms with Gasteiger partial charge in [-0.2, -0.15) is 0 Å². The Kier molecular flexibility index (Phi) is 6.54. The molecule has 4 heteroatoms. The van der Waals surface area contributed by atoms with E-state index in [1.807, 2.05) is 60.7 Å². The van der Waals surface area contributed by atoms with Crippen LogP contribution in [0.25, 0.3) is 11.1 Å². The zero-order valence-corrected chi connectivity index (χ0v) is 17.9. The van der Waals surface area contributed by atoms with E-state index in [1.54, 1.807) is 24.3 Å². The summed E-state index contributed by atoms with van der Waals surface area (Å²) in [4.78, 5) is 24.0. The van der Waals surface area contributed by atoms with Gasteiger partial charge in [-0.25, -0.2) is 9.59 Å². The number of rotatable bonds is 3. The molecule has 0 bridgehead atoms. The van der Waals surface area contributed by atoms with E-state index >= 15 is 0 Å². The Labute approximate surface area is 197 Å². The van der Waals surface area contributed by atoms with E-state index in [1.165, 1.54) is 12.1 Å². The van der Waals surface area contributed by atoms with Crippen molar-refractivity contribution in [2.45, 2.75) is 0 Å². The van der Waals surface area contributed by atoms with Crippen molar-refractivity contribution in [2.24, 2.45) is 0 Å². The molecule has 0 unspecified atom stereocenters. The molecule has 4 aromatic carbocycles. The number of carbonyl (C=O) groups is 2. The fourth-order valence-corrected chi connectivity index (χ4v) is 3.49. The first-order valence-electron chi connectivity index (χ1n) is 10.4. The van der Waals surface area contributed by atoms with Crippen LogP contribution in [0, 0.1) is 23.7 Å². The molecule has 0 atom stereocenters. The summed E-state index contributed by atoms with van der Waals surface area (Å²) in [7, 11) is 0. The van der Waals surface area contributed by atoms with Crippen molar-refractivity contribution < 1.29 is 19.8 Å². The fraction of sp³-hybridized carbons (Fsp3) is 0. The maximum Gasteiger partial charge on any atom is 0.336 e. The van der Waals surface area contributed by atoms with Gasteiger partial charge in [-0.15, -0.1) is 0 Å². The van der Waals surface area contributed by atoms with E-state index in [-0.39, 0.29) is 11.1 Å². The van der Waals surface area contributed by atoms with Crippen LogP contribution in [0.3, 0.4) is 0 Å². The summed E-state index contributed by atoms with van der Waals surface area (Å²) in [5.74, 6) is 9.79. The van der Waals surface area contributed by atoms with Crippen LogP contribution in [-0.4, -0.2) is 22.2 Å². The van der Waals surface area contributed by atoms with Gasteiger partial charge in [-0.1, -0.05) is 84.3 Å². The smallest absolute Gasteiger partial charge is 0.336 e. The molecule has 0 saturated carbocycles. The maximum atomic E-state index is 12.0. The third kappa shape index (κ3) is 4.88. The van der Waals surface area contributed by atoms with Crippen molar-refractivity contribution in [1.82, 2.24) is 0 Å². The predicted octanol–water partition coefficient (Wildman–Crippen LogP) is 5.55. The zero-order valence-electron chi connectivity index (χ0n) is 17.9. The Morgan fingerprint density at radius 1 is 0.471 bits per heavy atom. The molecular formula is C30H18O4. The van der Waals surface area contributed by atoms with Gasteiger partial charge in [0.2, 0.25) is 0 Å². The highest BCUT2D eigenvalue weighted by Crippen LogP contribution is 2.31. The molecule has 4 aromatic rings. The zero-order chi connectivity index (χ0) is 23.9. The lowest BCUT2D eigenvalue weighted by atomic mass is 9.90. The topological polar surface area (TPSA) is 74.6 Å². The van der Waals surface area contributed by atoms with Crippen LogP contribution in [-0.2, 0) is 0 Å². The summed E-state index contributed by atoms with van der Waals surface area (Å²) in [6.45, 7) is 0. The molecule has 162 valence electrons. The van der Waals surface area contributed by atoms with Gasteiger partial charge in [0.15, 0.2) is 0 Å². The second kappa shape index (κ2) is 10.0. The summed E-state index contributed by atoms with van der Waals surface area (Å²) in [5.41, 5.74) is 3.13. The molecule has 0 heterocycles. The molecule has 0 aromatic heterocycles. The van der Waals surface area contributed by atoms with Gasteiger partial charge in [0.25, 0.3) is 0 Å².